The highest BCUT2D eigenvalue weighted by Gasteiger charge is 2.37. The van der Waals surface area contributed by atoms with Crippen molar-refractivity contribution in [3.8, 4) is 0 Å². The highest BCUT2D eigenvalue weighted by Crippen LogP contribution is 2.35. The minimum Gasteiger partial charge on any atom is -0.311 e. The van der Waals surface area contributed by atoms with E-state index in [2.05, 4.69) is 37.9 Å². The average Bonchev–Trinajstić information content (AvgIpc) is 3.00. The average molecular weight is 224 g/mol. The molecule has 2 unspecified atom stereocenters. The highest BCUT2D eigenvalue weighted by atomic mass is 15.3. The summed E-state index contributed by atoms with van der Waals surface area (Å²) in [5.41, 5.74) is 0. The van der Waals surface area contributed by atoms with Gasteiger partial charge in [0.2, 0.25) is 0 Å². The lowest BCUT2D eigenvalue weighted by molar-refractivity contribution is 0.0778. The van der Waals surface area contributed by atoms with E-state index in [9.17, 15) is 0 Å². The smallest absolute Gasteiger partial charge is 0.0226 e. The number of piperazine rings is 1. The Morgan fingerprint density at radius 1 is 1.19 bits per heavy atom. The van der Waals surface area contributed by atoms with Crippen LogP contribution in [0.25, 0.3) is 0 Å². The zero-order valence-corrected chi connectivity index (χ0v) is 11.4. The molecule has 1 aliphatic heterocycles. The Kier molecular flexibility index (Phi) is 3.91. The number of nitrogens with one attached hydrogen (secondary N) is 1. The zero-order chi connectivity index (χ0) is 11.7. The SMILES string of the molecule is CC(C)CC1CNC(C2CC2)CN1C(C)C. The van der Waals surface area contributed by atoms with Gasteiger partial charge in [-0.2, -0.15) is 0 Å². The molecule has 1 aliphatic carbocycles. The van der Waals surface area contributed by atoms with Gasteiger partial charge in [-0.3, -0.25) is 4.90 Å². The molecule has 0 spiro atoms. The van der Waals surface area contributed by atoms with Crippen molar-refractivity contribution in [3.63, 3.8) is 0 Å². The first-order valence-electron chi connectivity index (χ1n) is 7.07. The van der Waals surface area contributed by atoms with Gasteiger partial charge in [0.05, 0.1) is 0 Å². The summed E-state index contributed by atoms with van der Waals surface area (Å²) >= 11 is 0. The van der Waals surface area contributed by atoms with E-state index in [1.807, 2.05) is 0 Å². The van der Waals surface area contributed by atoms with Gasteiger partial charge >= 0.3 is 0 Å². The Balaban J connectivity index is 1.92. The molecule has 0 aromatic heterocycles. The monoisotopic (exact) mass is 224 g/mol. The minimum absolute atomic E-state index is 0.701. The van der Waals surface area contributed by atoms with Crippen molar-refractivity contribution in [2.24, 2.45) is 11.8 Å². The third kappa shape index (κ3) is 2.98. The molecule has 2 rings (SSSR count). The van der Waals surface area contributed by atoms with Crippen LogP contribution in [0, 0.1) is 11.8 Å². The lowest BCUT2D eigenvalue weighted by atomic mass is 9.96. The topological polar surface area (TPSA) is 15.3 Å². The van der Waals surface area contributed by atoms with Crippen molar-refractivity contribution in [1.82, 2.24) is 10.2 Å². The van der Waals surface area contributed by atoms with Gasteiger partial charge in [0, 0.05) is 31.2 Å². The lowest BCUT2D eigenvalue weighted by Gasteiger charge is -2.43. The summed E-state index contributed by atoms with van der Waals surface area (Å²) in [5, 5.41) is 3.78. The van der Waals surface area contributed by atoms with Crippen LogP contribution >= 0.6 is 0 Å². The van der Waals surface area contributed by atoms with E-state index in [0.29, 0.717) is 6.04 Å². The van der Waals surface area contributed by atoms with Crippen molar-refractivity contribution < 1.29 is 0 Å². The van der Waals surface area contributed by atoms with E-state index >= 15 is 0 Å². The normalized spacial score (nSPS) is 32.6. The maximum absolute atomic E-state index is 3.78. The summed E-state index contributed by atoms with van der Waals surface area (Å²) in [6.07, 6.45) is 4.25. The number of hydrogen-bond acceptors (Lipinski definition) is 2. The van der Waals surface area contributed by atoms with Crippen LogP contribution in [0.15, 0.2) is 0 Å². The molecule has 1 saturated carbocycles. The second-order valence-electron chi connectivity index (χ2n) is 6.43. The Morgan fingerprint density at radius 3 is 2.38 bits per heavy atom. The summed E-state index contributed by atoms with van der Waals surface area (Å²) in [4.78, 5) is 2.74. The van der Waals surface area contributed by atoms with Crippen molar-refractivity contribution in [2.75, 3.05) is 13.1 Å². The molecule has 2 aliphatic rings. The van der Waals surface area contributed by atoms with Crippen molar-refractivity contribution in [1.29, 1.82) is 0 Å². The van der Waals surface area contributed by atoms with Gasteiger partial charge in [0.1, 0.15) is 0 Å². The lowest BCUT2D eigenvalue weighted by Crippen LogP contribution is -2.59. The highest BCUT2D eigenvalue weighted by molar-refractivity contribution is 4.95. The molecule has 0 amide bonds. The van der Waals surface area contributed by atoms with Gasteiger partial charge in [-0.25, -0.2) is 0 Å². The van der Waals surface area contributed by atoms with Crippen LogP contribution in [-0.4, -0.2) is 36.1 Å². The minimum atomic E-state index is 0.701. The Hall–Kier alpha value is -0.0800. The maximum Gasteiger partial charge on any atom is 0.0226 e. The van der Waals surface area contributed by atoms with Crippen LogP contribution in [0.5, 0.6) is 0 Å². The van der Waals surface area contributed by atoms with E-state index in [1.165, 1.54) is 32.4 Å². The van der Waals surface area contributed by atoms with E-state index in [1.54, 1.807) is 0 Å². The fourth-order valence-electron chi connectivity index (χ4n) is 3.06. The number of rotatable bonds is 4. The third-order valence-electron chi connectivity index (χ3n) is 4.09. The first kappa shape index (κ1) is 12.4. The Morgan fingerprint density at radius 2 is 1.88 bits per heavy atom. The molecule has 2 fully saturated rings. The van der Waals surface area contributed by atoms with Crippen LogP contribution in [-0.2, 0) is 0 Å². The van der Waals surface area contributed by atoms with Crippen LogP contribution in [0.4, 0.5) is 0 Å². The first-order valence-corrected chi connectivity index (χ1v) is 7.07. The molecule has 2 heteroatoms. The van der Waals surface area contributed by atoms with Gasteiger partial charge in [0.25, 0.3) is 0 Å². The Labute approximate surface area is 101 Å². The number of nitrogens with zero attached hydrogens (tertiary/aromatic N) is 1. The van der Waals surface area contributed by atoms with Gasteiger partial charge in [0.15, 0.2) is 0 Å². The molecule has 0 bridgehead atoms. The standard InChI is InChI=1S/C14H28N2/c1-10(2)7-13-8-15-14(12-5-6-12)9-16(13)11(3)4/h10-15H,5-9H2,1-4H3. The van der Waals surface area contributed by atoms with Gasteiger partial charge in [-0.05, 0) is 44.9 Å². The van der Waals surface area contributed by atoms with E-state index in [0.717, 1.165) is 23.9 Å². The molecule has 0 aromatic carbocycles. The predicted molar refractivity (Wildman–Crippen MR) is 69.6 cm³/mol. The Bertz CT molecular complexity index is 221. The molecule has 1 saturated heterocycles. The number of hydrogen-bond donors (Lipinski definition) is 1. The van der Waals surface area contributed by atoms with E-state index in [4.69, 9.17) is 0 Å². The van der Waals surface area contributed by atoms with Crippen LogP contribution in [0.1, 0.15) is 47.0 Å². The van der Waals surface area contributed by atoms with Crippen molar-refractivity contribution >= 4 is 0 Å². The second-order valence-corrected chi connectivity index (χ2v) is 6.43. The quantitative estimate of drug-likeness (QED) is 0.789. The molecule has 0 radical (unpaired) electrons. The van der Waals surface area contributed by atoms with Gasteiger partial charge < -0.3 is 5.32 Å². The van der Waals surface area contributed by atoms with Crippen LogP contribution in [0.3, 0.4) is 0 Å². The fraction of sp³-hybridized carbons (Fsp3) is 1.00. The molecular formula is C14H28N2. The first-order chi connectivity index (χ1) is 7.58. The summed E-state index contributed by atoms with van der Waals surface area (Å²) in [6.45, 7) is 11.9. The van der Waals surface area contributed by atoms with Gasteiger partial charge in [-0.15, -0.1) is 0 Å². The molecule has 16 heavy (non-hydrogen) atoms. The summed E-state index contributed by atoms with van der Waals surface area (Å²) < 4.78 is 0. The predicted octanol–water partition coefficient (Wildman–Crippen LogP) is 2.49. The molecule has 1 N–H and O–H groups in total. The summed E-state index contributed by atoms with van der Waals surface area (Å²) in [6, 6.07) is 2.24. The van der Waals surface area contributed by atoms with Crippen LogP contribution in [0.2, 0.25) is 0 Å². The van der Waals surface area contributed by atoms with E-state index in [-0.39, 0.29) is 0 Å². The second kappa shape index (κ2) is 5.05. The molecule has 2 atom stereocenters. The third-order valence-corrected chi connectivity index (χ3v) is 4.09. The largest absolute Gasteiger partial charge is 0.311 e. The maximum atomic E-state index is 3.78. The molecule has 2 nitrogen and oxygen atoms in total. The molecule has 1 heterocycles. The molecule has 0 aromatic rings. The van der Waals surface area contributed by atoms with Crippen molar-refractivity contribution in [2.45, 2.75) is 65.1 Å². The fourth-order valence-corrected chi connectivity index (χ4v) is 3.06. The summed E-state index contributed by atoms with van der Waals surface area (Å²) in [7, 11) is 0. The van der Waals surface area contributed by atoms with Crippen LogP contribution < -0.4 is 5.32 Å². The molecular weight excluding hydrogens is 196 g/mol. The molecule has 94 valence electrons. The zero-order valence-electron chi connectivity index (χ0n) is 11.4. The van der Waals surface area contributed by atoms with Gasteiger partial charge in [-0.1, -0.05) is 13.8 Å². The van der Waals surface area contributed by atoms with Crippen molar-refractivity contribution in [3.05, 3.63) is 0 Å². The summed E-state index contributed by atoms with van der Waals surface area (Å²) in [5.74, 6) is 1.80. The van der Waals surface area contributed by atoms with E-state index < -0.39 is 0 Å².